The van der Waals surface area contributed by atoms with Crippen LogP contribution in [-0.2, 0) is 16.1 Å². The van der Waals surface area contributed by atoms with Crippen LogP contribution in [0.1, 0.15) is 74.4 Å². The van der Waals surface area contributed by atoms with E-state index in [1.807, 2.05) is 19.9 Å². The summed E-state index contributed by atoms with van der Waals surface area (Å²) in [6.07, 6.45) is 3.38. The Morgan fingerprint density at radius 3 is 2.42 bits per heavy atom. The van der Waals surface area contributed by atoms with Crippen molar-refractivity contribution in [1.82, 2.24) is 15.5 Å². The molecule has 0 aliphatic carbocycles. The van der Waals surface area contributed by atoms with Gasteiger partial charge in [0.25, 0.3) is 5.91 Å². The van der Waals surface area contributed by atoms with Gasteiger partial charge < -0.3 is 20.3 Å². The molecule has 3 saturated heterocycles. The quantitative estimate of drug-likeness (QED) is 0.403. The minimum Gasteiger partial charge on any atom is -0.381 e. The highest BCUT2D eigenvalue weighted by molar-refractivity contribution is 5.99. The SMILES string of the molecule is CCN(c1cc(-c2ccc(CN3CCC(F)CC3)cc2)cc(C(=O)NCC2C(=O)NC(C)CC2C)c1C)C1CCOCC1. The zero-order chi connectivity index (χ0) is 30.5. The first-order valence-corrected chi connectivity index (χ1v) is 16.3. The summed E-state index contributed by atoms with van der Waals surface area (Å²) in [6, 6.07) is 13.3. The fraction of sp³-hybridized carbons (Fsp3) is 0.600. The molecule has 3 aliphatic rings. The molecule has 3 unspecified atom stereocenters. The lowest BCUT2D eigenvalue weighted by Gasteiger charge is -2.37. The van der Waals surface area contributed by atoms with Crippen LogP contribution in [0.3, 0.4) is 0 Å². The summed E-state index contributed by atoms with van der Waals surface area (Å²) >= 11 is 0. The lowest BCUT2D eigenvalue weighted by molar-refractivity contribution is -0.129. The smallest absolute Gasteiger partial charge is 0.251 e. The van der Waals surface area contributed by atoms with Crippen LogP contribution < -0.4 is 15.5 Å². The Morgan fingerprint density at radius 2 is 1.77 bits per heavy atom. The molecule has 3 aliphatic heterocycles. The van der Waals surface area contributed by atoms with Gasteiger partial charge >= 0.3 is 0 Å². The maximum Gasteiger partial charge on any atom is 0.251 e. The average Bonchev–Trinajstić information content (AvgIpc) is 3.00. The Kier molecular flexibility index (Phi) is 10.4. The molecular formula is C35H49FN4O3. The van der Waals surface area contributed by atoms with Crippen molar-refractivity contribution in [3.05, 3.63) is 53.1 Å². The number of nitrogens with zero attached hydrogens (tertiary/aromatic N) is 2. The summed E-state index contributed by atoms with van der Waals surface area (Å²) < 4.78 is 19.3. The zero-order valence-electron chi connectivity index (χ0n) is 26.3. The van der Waals surface area contributed by atoms with Crippen LogP contribution in [0.5, 0.6) is 0 Å². The second-order valence-electron chi connectivity index (χ2n) is 12.9. The molecule has 3 heterocycles. The number of halogens is 1. The lowest BCUT2D eigenvalue weighted by atomic mass is 9.84. The zero-order valence-corrected chi connectivity index (χ0v) is 26.3. The predicted molar refractivity (Wildman–Crippen MR) is 170 cm³/mol. The third-order valence-electron chi connectivity index (χ3n) is 9.74. The third-order valence-corrected chi connectivity index (χ3v) is 9.74. The van der Waals surface area contributed by atoms with Crippen molar-refractivity contribution >= 4 is 17.5 Å². The Hall–Kier alpha value is -2.97. The molecular weight excluding hydrogens is 543 g/mol. The van der Waals surface area contributed by atoms with Crippen LogP contribution in [0.15, 0.2) is 36.4 Å². The number of anilines is 1. The fourth-order valence-electron chi connectivity index (χ4n) is 7.12. The number of amides is 2. The van der Waals surface area contributed by atoms with Crippen molar-refractivity contribution in [3.63, 3.8) is 0 Å². The van der Waals surface area contributed by atoms with Gasteiger partial charge in [-0.15, -0.1) is 0 Å². The maximum absolute atomic E-state index is 13.8. The van der Waals surface area contributed by atoms with Crippen molar-refractivity contribution < 1.29 is 18.7 Å². The third kappa shape index (κ3) is 7.58. The van der Waals surface area contributed by atoms with Crippen molar-refractivity contribution in [2.45, 2.75) is 84.6 Å². The largest absolute Gasteiger partial charge is 0.381 e. The fourth-order valence-corrected chi connectivity index (χ4v) is 7.12. The maximum atomic E-state index is 13.8. The predicted octanol–water partition coefficient (Wildman–Crippen LogP) is 5.49. The van der Waals surface area contributed by atoms with E-state index in [9.17, 15) is 14.0 Å². The first-order valence-electron chi connectivity index (χ1n) is 16.3. The van der Waals surface area contributed by atoms with Gasteiger partial charge in [0.2, 0.25) is 5.91 Å². The second-order valence-corrected chi connectivity index (χ2v) is 12.9. The van der Waals surface area contributed by atoms with Crippen LogP contribution in [-0.4, -0.2) is 74.4 Å². The molecule has 0 bridgehead atoms. The van der Waals surface area contributed by atoms with Crippen molar-refractivity contribution in [3.8, 4) is 11.1 Å². The molecule has 234 valence electrons. The van der Waals surface area contributed by atoms with Crippen molar-refractivity contribution in [2.75, 3.05) is 44.3 Å². The van der Waals surface area contributed by atoms with Gasteiger partial charge in [0.15, 0.2) is 0 Å². The number of rotatable bonds is 9. The number of ether oxygens (including phenoxy) is 1. The molecule has 7 nitrogen and oxygen atoms in total. The summed E-state index contributed by atoms with van der Waals surface area (Å²) in [5, 5.41) is 6.15. The summed E-state index contributed by atoms with van der Waals surface area (Å²) in [4.78, 5) is 31.2. The Bertz CT molecular complexity index is 1250. The van der Waals surface area contributed by atoms with Crippen molar-refractivity contribution in [1.29, 1.82) is 0 Å². The monoisotopic (exact) mass is 592 g/mol. The van der Waals surface area contributed by atoms with Gasteiger partial charge in [-0.25, -0.2) is 4.39 Å². The van der Waals surface area contributed by atoms with Crippen LogP contribution in [0.2, 0.25) is 0 Å². The molecule has 5 rings (SSSR count). The summed E-state index contributed by atoms with van der Waals surface area (Å²) in [5.41, 5.74) is 5.94. The highest BCUT2D eigenvalue weighted by Crippen LogP contribution is 2.34. The molecule has 3 atom stereocenters. The molecule has 43 heavy (non-hydrogen) atoms. The second kappa shape index (κ2) is 14.2. The van der Waals surface area contributed by atoms with Gasteiger partial charge in [-0.3, -0.25) is 14.5 Å². The number of benzene rings is 2. The van der Waals surface area contributed by atoms with Crippen molar-refractivity contribution in [2.24, 2.45) is 11.8 Å². The van der Waals surface area contributed by atoms with E-state index in [1.165, 1.54) is 5.56 Å². The van der Waals surface area contributed by atoms with E-state index in [4.69, 9.17) is 4.74 Å². The van der Waals surface area contributed by atoms with Crippen LogP contribution in [0, 0.1) is 18.8 Å². The first kappa shape index (κ1) is 31.5. The summed E-state index contributed by atoms with van der Waals surface area (Å²) in [6.45, 7) is 13.4. The highest BCUT2D eigenvalue weighted by atomic mass is 19.1. The van der Waals surface area contributed by atoms with E-state index >= 15 is 0 Å². The van der Waals surface area contributed by atoms with E-state index in [0.717, 1.165) is 81.0 Å². The van der Waals surface area contributed by atoms with Gasteiger partial charge in [0.1, 0.15) is 6.17 Å². The number of carbonyl (C=O) groups excluding carboxylic acids is 2. The number of likely N-dealkylation sites (tertiary alicyclic amines) is 1. The van der Waals surface area contributed by atoms with Crippen LogP contribution in [0.25, 0.3) is 11.1 Å². The standard InChI is InChI=1S/C35H49FN4O3/c1-5-40(30-12-16-43-17-13-30)33-20-28(27-8-6-26(7-9-27)22-39-14-10-29(36)11-15-39)19-31(25(33)4)34(41)37-21-32-23(2)18-24(3)38-35(32)42/h6-9,19-20,23-24,29-30,32H,5,10-18,21-22H2,1-4H3,(H,37,41)(H,38,42). The summed E-state index contributed by atoms with van der Waals surface area (Å²) in [7, 11) is 0. The Morgan fingerprint density at radius 1 is 1.07 bits per heavy atom. The number of hydrogen-bond acceptors (Lipinski definition) is 5. The molecule has 0 aromatic heterocycles. The number of piperidine rings is 2. The van der Waals surface area contributed by atoms with E-state index in [-0.39, 0.29) is 29.7 Å². The van der Waals surface area contributed by atoms with Crippen LogP contribution >= 0.6 is 0 Å². The van der Waals surface area contributed by atoms with E-state index in [0.29, 0.717) is 31.0 Å². The number of nitrogens with one attached hydrogen (secondary N) is 2. The average molecular weight is 593 g/mol. The molecule has 2 aromatic rings. The normalized spacial score (nSPS) is 24.0. The molecule has 2 N–H and O–H groups in total. The molecule has 0 saturated carbocycles. The molecule has 2 aromatic carbocycles. The number of carbonyl (C=O) groups is 2. The van der Waals surface area contributed by atoms with Gasteiger partial charge in [0, 0.05) is 69.3 Å². The van der Waals surface area contributed by atoms with Crippen LogP contribution in [0.4, 0.5) is 10.1 Å². The minimum absolute atomic E-state index is 0.0172. The van der Waals surface area contributed by atoms with Gasteiger partial charge in [-0.05, 0) is 93.2 Å². The lowest BCUT2D eigenvalue weighted by Crippen LogP contribution is -2.50. The Labute approximate surface area is 256 Å². The molecule has 2 amide bonds. The Balaban J connectivity index is 1.41. The van der Waals surface area contributed by atoms with Gasteiger partial charge in [-0.1, -0.05) is 31.2 Å². The highest BCUT2D eigenvalue weighted by Gasteiger charge is 2.33. The van der Waals surface area contributed by atoms with Gasteiger partial charge in [0.05, 0.1) is 5.92 Å². The molecule has 0 radical (unpaired) electrons. The van der Waals surface area contributed by atoms with Gasteiger partial charge in [-0.2, -0.15) is 0 Å². The molecule has 0 spiro atoms. The first-order chi connectivity index (χ1) is 20.7. The van der Waals surface area contributed by atoms with E-state index in [1.54, 1.807) is 0 Å². The molecule has 3 fully saturated rings. The number of alkyl halides is 1. The number of hydrogen-bond donors (Lipinski definition) is 2. The molecule has 8 heteroatoms. The minimum atomic E-state index is -0.670. The van der Waals surface area contributed by atoms with E-state index in [2.05, 4.69) is 64.6 Å². The summed E-state index contributed by atoms with van der Waals surface area (Å²) in [5.74, 6) is -0.155. The van der Waals surface area contributed by atoms with E-state index < -0.39 is 6.17 Å². The topological polar surface area (TPSA) is 73.9 Å².